The number of hydrogen-bond donors (Lipinski definition) is 7. The number of carbonyl (C=O) groups is 1. The second-order valence-electron chi connectivity index (χ2n) is 4.44. The van der Waals surface area contributed by atoms with Gasteiger partial charge in [-0.1, -0.05) is 0 Å². The minimum absolute atomic E-state index is 0.00161. The second-order valence-corrected chi connectivity index (χ2v) is 4.44. The summed E-state index contributed by atoms with van der Waals surface area (Å²) in [5.74, 6) is -2.76. The van der Waals surface area contributed by atoms with Crippen molar-refractivity contribution in [2.45, 2.75) is 36.9 Å². The third-order valence-electron chi connectivity index (χ3n) is 2.78. The van der Waals surface area contributed by atoms with Crippen LogP contribution in [0.4, 0.5) is 13.2 Å². The molecule has 0 unspecified atom stereocenters. The first-order valence-electron chi connectivity index (χ1n) is 6.09. The SMILES string of the molecule is NC(N)=NCC[C@@H]1N[C@H](CO)[C@@H](O)[C@H]1O.O=C(O)C(F)(F)F. The van der Waals surface area contributed by atoms with E-state index in [1.165, 1.54) is 0 Å². The topological polar surface area (TPSA) is 174 Å². The Morgan fingerprint density at radius 3 is 1.95 bits per heavy atom. The maximum absolute atomic E-state index is 10.6. The minimum Gasteiger partial charge on any atom is -0.475 e. The maximum atomic E-state index is 10.6. The number of nitrogens with one attached hydrogen (secondary N) is 1. The zero-order valence-corrected chi connectivity index (χ0v) is 11.4. The Labute approximate surface area is 123 Å². The van der Waals surface area contributed by atoms with Gasteiger partial charge in [-0.3, -0.25) is 4.99 Å². The molecule has 1 saturated heterocycles. The van der Waals surface area contributed by atoms with Crippen molar-refractivity contribution >= 4 is 11.9 Å². The number of aliphatic hydroxyl groups is 3. The number of rotatable bonds is 4. The van der Waals surface area contributed by atoms with Crippen LogP contribution in [0.25, 0.3) is 0 Å². The van der Waals surface area contributed by atoms with E-state index in [1.54, 1.807) is 0 Å². The molecule has 0 spiro atoms. The fourth-order valence-electron chi connectivity index (χ4n) is 1.70. The van der Waals surface area contributed by atoms with Gasteiger partial charge in [0.25, 0.3) is 0 Å². The Kier molecular flexibility index (Phi) is 8.08. The maximum Gasteiger partial charge on any atom is 0.490 e. The highest BCUT2D eigenvalue weighted by Crippen LogP contribution is 2.16. The number of carboxylic acid groups (broad SMARTS) is 1. The molecule has 12 heteroatoms. The number of aliphatic hydroxyl groups excluding tert-OH is 3. The van der Waals surface area contributed by atoms with Crippen LogP contribution in [0.2, 0.25) is 0 Å². The van der Waals surface area contributed by atoms with E-state index in [0.29, 0.717) is 13.0 Å². The van der Waals surface area contributed by atoms with Gasteiger partial charge in [-0.25, -0.2) is 4.79 Å². The highest BCUT2D eigenvalue weighted by molar-refractivity contribution is 5.75. The summed E-state index contributed by atoms with van der Waals surface area (Å²) in [5.41, 5.74) is 10.3. The van der Waals surface area contributed by atoms with Gasteiger partial charge < -0.3 is 37.2 Å². The average Bonchev–Trinajstić information content (AvgIpc) is 2.66. The summed E-state index contributed by atoms with van der Waals surface area (Å²) in [7, 11) is 0. The van der Waals surface area contributed by atoms with Crippen molar-refractivity contribution in [2.24, 2.45) is 16.5 Å². The van der Waals surface area contributed by atoms with E-state index < -0.39 is 30.4 Å². The molecule has 1 rings (SSSR count). The molecule has 1 aliphatic heterocycles. The van der Waals surface area contributed by atoms with Crippen molar-refractivity contribution in [1.82, 2.24) is 5.32 Å². The highest BCUT2D eigenvalue weighted by Gasteiger charge is 2.40. The molecule has 0 saturated carbocycles. The average molecular weight is 332 g/mol. The quantitative estimate of drug-likeness (QED) is 0.215. The molecular weight excluding hydrogens is 313 g/mol. The van der Waals surface area contributed by atoms with Crippen LogP contribution < -0.4 is 16.8 Å². The van der Waals surface area contributed by atoms with Crippen LogP contribution in [0.15, 0.2) is 4.99 Å². The number of nitrogens with zero attached hydrogens (tertiary/aromatic N) is 1. The molecule has 22 heavy (non-hydrogen) atoms. The number of guanidine groups is 1. The summed E-state index contributed by atoms with van der Waals surface area (Å²) in [6.07, 6.45) is -6.41. The van der Waals surface area contributed by atoms with Gasteiger partial charge in [0.15, 0.2) is 5.96 Å². The van der Waals surface area contributed by atoms with Crippen molar-refractivity contribution in [2.75, 3.05) is 13.2 Å². The third-order valence-corrected chi connectivity index (χ3v) is 2.78. The monoisotopic (exact) mass is 332 g/mol. The van der Waals surface area contributed by atoms with Crippen molar-refractivity contribution in [3.05, 3.63) is 0 Å². The van der Waals surface area contributed by atoms with E-state index in [4.69, 9.17) is 26.5 Å². The first-order valence-corrected chi connectivity index (χ1v) is 6.09. The molecular formula is C10H19F3N4O5. The molecule has 4 atom stereocenters. The summed E-state index contributed by atoms with van der Waals surface area (Å²) in [6, 6.07) is -0.774. The van der Waals surface area contributed by atoms with Crippen molar-refractivity contribution in [3.63, 3.8) is 0 Å². The Morgan fingerprint density at radius 1 is 1.18 bits per heavy atom. The molecule has 1 fully saturated rings. The fourth-order valence-corrected chi connectivity index (χ4v) is 1.70. The number of nitrogens with two attached hydrogens (primary N) is 2. The Balaban J connectivity index is 0.000000534. The van der Waals surface area contributed by atoms with Crippen LogP contribution in [0.3, 0.4) is 0 Å². The van der Waals surface area contributed by atoms with Gasteiger partial charge in [0.1, 0.15) is 0 Å². The van der Waals surface area contributed by atoms with Gasteiger partial charge in [0.2, 0.25) is 0 Å². The molecule has 0 amide bonds. The van der Waals surface area contributed by atoms with Gasteiger partial charge >= 0.3 is 12.1 Å². The predicted molar refractivity (Wildman–Crippen MR) is 68.8 cm³/mol. The van der Waals surface area contributed by atoms with E-state index >= 15 is 0 Å². The standard InChI is InChI=1S/C8H18N4O3.C2HF3O2/c9-8(10)11-2-1-4-6(14)7(15)5(3-13)12-4;3-2(4,5)1(6)7/h4-7,12-15H,1-3H2,(H4,9,10,11);(H,6,7)/t4-,5+,6-,7+;/m0./s1. The minimum atomic E-state index is -5.08. The van der Waals surface area contributed by atoms with E-state index in [1.807, 2.05) is 0 Å². The molecule has 0 aromatic heterocycles. The lowest BCUT2D eigenvalue weighted by molar-refractivity contribution is -0.192. The predicted octanol–water partition coefficient (Wildman–Crippen LogP) is -2.66. The van der Waals surface area contributed by atoms with Crippen LogP contribution in [0.1, 0.15) is 6.42 Å². The molecule has 9 N–H and O–H groups in total. The number of aliphatic carboxylic acids is 1. The molecule has 1 aliphatic rings. The first kappa shape index (κ1) is 20.4. The Bertz CT molecular complexity index is 389. The summed E-state index contributed by atoms with van der Waals surface area (Å²) in [4.78, 5) is 12.7. The molecule has 0 aromatic carbocycles. The molecule has 0 aliphatic carbocycles. The van der Waals surface area contributed by atoms with E-state index in [2.05, 4.69) is 10.3 Å². The Hall–Kier alpha value is -1.63. The van der Waals surface area contributed by atoms with E-state index in [9.17, 15) is 23.4 Å². The largest absolute Gasteiger partial charge is 0.490 e. The van der Waals surface area contributed by atoms with E-state index in [0.717, 1.165) is 0 Å². The lowest BCUT2D eigenvalue weighted by Crippen LogP contribution is -2.36. The molecule has 0 bridgehead atoms. The van der Waals surface area contributed by atoms with E-state index in [-0.39, 0.29) is 18.6 Å². The van der Waals surface area contributed by atoms with Crippen LogP contribution >= 0.6 is 0 Å². The van der Waals surface area contributed by atoms with Crippen LogP contribution in [-0.4, -0.2) is 76.0 Å². The molecule has 0 radical (unpaired) electrons. The van der Waals surface area contributed by atoms with Crippen LogP contribution in [-0.2, 0) is 4.79 Å². The van der Waals surface area contributed by atoms with Gasteiger partial charge in [-0.15, -0.1) is 0 Å². The van der Waals surface area contributed by atoms with Crippen molar-refractivity contribution in [1.29, 1.82) is 0 Å². The number of hydrogen-bond acceptors (Lipinski definition) is 6. The fraction of sp³-hybridized carbons (Fsp3) is 0.800. The van der Waals surface area contributed by atoms with Crippen LogP contribution in [0.5, 0.6) is 0 Å². The number of aliphatic imine (C=N–C) groups is 1. The number of carboxylic acids is 1. The summed E-state index contributed by atoms with van der Waals surface area (Å²) in [6.45, 7) is 0.166. The summed E-state index contributed by atoms with van der Waals surface area (Å²) in [5, 5.41) is 38.0. The molecule has 9 nitrogen and oxygen atoms in total. The van der Waals surface area contributed by atoms with Crippen LogP contribution in [0, 0.1) is 0 Å². The van der Waals surface area contributed by atoms with Gasteiger partial charge in [0, 0.05) is 12.6 Å². The second kappa shape index (κ2) is 8.73. The van der Waals surface area contributed by atoms with Gasteiger partial charge in [-0.05, 0) is 6.42 Å². The molecule has 130 valence electrons. The lowest BCUT2D eigenvalue weighted by atomic mass is 10.1. The third kappa shape index (κ3) is 6.89. The number of alkyl halides is 3. The normalized spacial score (nSPS) is 27.7. The van der Waals surface area contributed by atoms with Gasteiger partial charge in [0.05, 0.1) is 24.9 Å². The van der Waals surface area contributed by atoms with Gasteiger partial charge in [-0.2, -0.15) is 13.2 Å². The smallest absolute Gasteiger partial charge is 0.475 e. The first-order chi connectivity index (χ1) is 10.0. The zero-order valence-electron chi connectivity index (χ0n) is 11.4. The van der Waals surface area contributed by atoms with Crippen molar-refractivity contribution < 1.29 is 38.4 Å². The lowest BCUT2D eigenvalue weighted by Gasteiger charge is -2.14. The summed E-state index contributed by atoms with van der Waals surface area (Å²) >= 11 is 0. The summed E-state index contributed by atoms with van der Waals surface area (Å²) < 4.78 is 31.7. The molecule has 1 heterocycles. The zero-order chi connectivity index (χ0) is 17.5. The number of halogens is 3. The molecule has 0 aromatic rings. The Morgan fingerprint density at radius 2 is 1.64 bits per heavy atom. The van der Waals surface area contributed by atoms with Crippen molar-refractivity contribution in [3.8, 4) is 0 Å². The highest BCUT2D eigenvalue weighted by atomic mass is 19.4.